The van der Waals surface area contributed by atoms with Crippen LogP contribution in [0.5, 0.6) is 0 Å². The highest BCUT2D eigenvalue weighted by molar-refractivity contribution is 5.77. The van der Waals surface area contributed by atoms with Crippen molar-refractivity contribution in [3.05, 3.63) is 0 Å². The lowest BCUT2D eigenvalue weighted by atomic mass is 10.0. The van der Waals surface area contributed by atoms with E-state index in [0.717, 1.165) is 38.5 Å². The van der Waals surface area contributed by atoms with Gasteiger partial charge in [0.15, 0.2) is 0 Å². The molecular weight excluding hydrogens is 839 g/mol. The van der Waals surface area contributed by atoms with E-state index in [1.165, 1.54) is 276 Å². The fourth-order valence-corrected chi connectivity index (χ4v) is 10.2. The fraction of sp³-hybridized carbons (Fsp3) is 0.968. The van der Waals surface area contributed by atoms with E-state index in [1.54, 1.807) is 0 Å². The SMILES string of the molecule is CCCCCCCCCCCCCCCCCCCC(=O)OC(CCCCCCCCCCCCCCCCC)CC(=O)NC(CO)C(O)CCCCCCCCCCCCCCCCCCC. The van der Waals surface area contributed by atoms with Crippen LogP contribution in [0.2, 0.25) is 0 Å². The van der Waals surface area contributed by atoms with E-state index in [-0.39, 0.29) is 24.9 Å². The number of aliphatic hydroxyl groups is 2. The van der Waals surface area contributed by atoms with Gasteiger partial charge >= 0.3 is 5.97 Å². The second kappa shape index (κ2) is 56.8. The molecule has 0 aromatic carbocycles. The molecule has 0 bridgehead atoms. The maximum absolute atomic E-state index is 13.3. The van der Waals surface area contributed by atoms with Gasteiger partial charge in [-0.25, -0.2) is 0 Å². The van der Waals surface area contributed by atoms with Gasteiger partial charge in [-0.15, -0.1) is 0 Å². The molecule has 3 atom stereocenters. The third-order valence-corrected chi connectivity index (χ3v) is 14.9. The second-order valence-electron chi connectivity index (χ2n) is 21.8. The van der Waals surface area contributed by atoms with Crippen LogP contribution in [0.1, 0.15) is 361 Å². The number of aliphatic hydroxyl groups excluding tert-OH is 2. The zero-order valence-corrected chi connectivity index (χ0v) is 46.5. The summed E-state index contributed by atoms with van der Waals surface area (Å²) in [6, 6.07) is -0.694. The van der Waals surface area contributed by atoms with E-state index in [9.17, 15) is 19.8 Å². The van der Waals surface area contributed by atoms with E-state index in [1.807, 2.05) is 0 Å². The summed E-state index contributed by atoms with van der Waals surface area (Å²) in [4.78, 5) is 26.3. The molecule has 3 unspecified atom stereocenters. The Morgan fingerprint density at radius 1 is 0.368 bits per heavy atom. The van der Waals surface area contributed by atoms with E-state index in [4.69, 9.17) is 4.74 Å². The number of nitrogens with one attached hydrogen (secondary N) is 1. The monoisotopic (exact) mass is 962 g/mol. The third kappa shape index (κ3) is 51.2. The molecule has 0 heterocycles. The lowest BCUT2D eigenvalue weighted by Gasteiger charge is -2.24. The van der Waals surface area contributed by atoms with E-state index in [2.05, 4.69) is 26.1 Å². The Bertz CT molecular complexity index is 990. The molecule has 0 aliphatic carbocycles. The Morgan fingerprint density at radius 3 is 0.897 bits per heavy atom. The highest BCUT2D eigenvalue weighted by Gasteiger charge is 2.24. The zero-order valence-electron chi connectivity index (χ0n) is 46.5. The minimum absolute atomic E-state index is 0.0890. The fourth-order valence-electron chi connectivity index (χ4n) is 10.2. The molecule has 0 rings (SSSR count). The van der Waals surface area contributed by atoms with Crippen molar-refractivity contribution in [1.29, 1.82) is 0 Å². The molecule has 6 nitrogen and oxygen atoms in total. The van der Waals surface area contributed by atoms with Crippen molar-refractivity contribution >= 4 is 11.9 Å². The van der Waals surface area contributed by atoms with Crippen LogP contribution < -0.4 is 5.32 Å². The average Bonchev–Trinajstić information content (AvgIpc) is 3.33. The molecule has 0 radical (unpaired) electrons. The molecule has 0 saturated heterocycles. The molecule has 1 amide bonds. The second-order valence-corrected chi connectivity index (χ2v) is 21.8. The smallest absolute Gasteiger partial charge is 0.306 e. The van der Waals surface area contributed by atoms with Crippen LogP contribution in [0.25, 0.3) is 0 Å². The van der Waals surface area contributed by atoms with Crippen LogP contribution in [-0.2, 0) is 14.3 Å². The molecule has 6 heteroatoms. The summed E-state index contributed by atoms with van der Waals surface area (Å²) >= 11 is 0. The summed E-state index contributed by atoms with van der Waals surface area (Å²) in [5.41, 5.74) is 0. The predicted octanol–water partition coefficient (Wildman–Crippen LogP) is 19.5. The lowest BCUT2D eigenvalue weighted by molar-refractivity contribution is -0.151. The van der Waals surface area contributed by atoms with Gasteiger partial charge in [0.2, 0.25) is 5.91 Å². The first-order chi connectivity index (χ1) is 33.5. The number of carbonyl (C=O) groups excluding carboxylic acids is 2. The molecule has 0 aliphatic rings. The first-order valence-corrected chi connectivity index (χ1v) is 31.3. The molecule has 0 aliphatic heterocycles. The van der Waals surface area contributed by atoms with Crippen LogP contribution in [-0.4, -0.2) is 46.9 Å². The molecule has 3 N–H and O–H groups in total. The quantitative estimate of drug-likeness (QED) is 0.0417. The molecule has 0 fully saturated rings. The van der Waals surface area contributed by atoms with Crippen LogP contribution in [0.3, 0.4) is 0 Å². The summed E-state index contributed by atoms with van der Waals surface area (Å²) in [6.45, 7) is 6.55. The van der Waals surface area contributed by atoms with E-state index < -0.39 is 18.2 Å². The zero-order chi connectivity index (χ0) is 49.5. The minimum Gasteiger partial charge on any atom is -0.462 e. The number of carbonyl (C=O) groups is 2. The highest BCUT2D eigenvalue weighted by Crippen LogP contribution is 2.20. The van der Waals surface area contributed by atoms with Gasteiger partial charge in [-0.05, 0) is 25.7 Å². The molecule has 0 aromatic rings. The summed E-state index contributed by atoms with van der Waals surface area (Å²) in [7, 11) is 0. The van der Waals surface area contributed by atoms with Gasteiger partial charge in [-0.2, -0.15) is 0 Å². The van der Waals surface area contributed by atoms with E-state index in [0.29, 0.717) is 19.3 Å². The standard InChI is InChI=1S/C62H123NO5/c1-4-7-10-13-16-19-22-25-28-30-33-36-39-42-45-48-51-54-60(65)59(57-64)63-61(66)56-58(53-50-47-44-41-38-35-32-27-24-21-18-15-12-9-6-3)68-62(67)55-52-49-46-43-40-37-34-31-29-26-23-20-17-14-11-8-5-2/h58-60,64-65H,4-57H2,1-3H3,(H,63,66). The van der Waals surface area contributed by atoms with Crippen LogP contribution in [0.15, 0.2) is 0 Å². The number of hydrogen-bond acceptors (Lipinski definition) is 5. The van der Waals surface area contributed by atoms with Gasteiger partial charge in [0.05, 0.1) is 25.2 Å². The lowest BCUT2D eigenvalue weighted by Crippen LogP contribution is -2.46. The normalized spacial score (nSPS) is 13.0. The van der Waals surface area contributed by atoms with Gasteiger partial charge in [-0.3, -0.25) is 9.59 Å². The molecule has 406 valence electrons. The van der Waals surface area contributed by atoms with E-state index >= 15 is 0 Å². The molecule has 0 aromatic heterocycles. The molecule has 68 heavy (non-hydrogen) atoms. The number of esters is 1. The van der Waals surface area contributed by atoms with Crippen molar-refractivity contribution in [3.63, 3.8) is 0 Å². The third-order valence-electron chi connectivity index (χ3n) is 14.9. The Balaban J connectivity index is 4.45. The topological polar surface area (TPSA) is 95.9 Å². The van der Waals surface area contributed by atoms with Crippen molar-refractivity contribution in [3.8, 4) is 0 Å². The van der Waals surface area contributed by atoms with Crippen LogP contribution in [0, 0.1) is 0 Å². The number of ether oxygens (including phenoxy) is 1. The van der Waals surface area contributed by atoms with Gasteiger partial charge in [0.1, 0.15) is 6.10 Å². The van der Waals surface area contributed by atoms with Crippen molar-refractivity contribution in [2.75, 3.05) is 6.61 Å². The summed E-state index contributed by atoms with van der Waals surface area (Å²) in [5.74, 6) is -0.440. The van der Waals surface area contributed by atoms with Crippen molar-refractivity contribution in [2.45, 2.75) is 379 Å². The summed E-state index contributed by atoms with van der Waals surface area (Å²) in [6.07, 6.45) is 64.6. The van der Waals surface area contributed by atoms with Crippen LogP contribution in [0.4, 0.5) is 0 Å². The largest absolute Gasteiger partial charge is 0.462 e. The number of amides is 1. The number of hydrogen-bond donors (Lipinski definition) is 3. The van der Waals surface area contributed by atoms with Gasteiger partial charge in [-0.1, -0.05) is 323 Å². The Labute approximate surface area is 426 Å². The summed E-state index contributed by atoms with van der Waals surface area (Å²) < 4.78 is 5.99. The van der Waals surface area contributed by atoms with Crippen LogP contribution >= 0.6 is 0 Å². The summed E-state index contributed by atoms with van der Waals surface area (Å²) in [5, 5.41) is 24.0. The predicted molar refractivity (Wildman–Crippen MR) is 297 cm³/mol. The number of rotatable bonds is 58. The maximum Gasteiger partial charge on any atom is 0.306 e. The molecule has 0 saturated carbocycles. The van der Waals surface area contributed by atoms with Crippen molar-refractivity contribution in [2.24, 2.45) is 0 Å². The van der Waals surface area contributed by atoms with Gasteiger partial charge in [0, 0.05) is 6.42 Å². The van der Waals surface area contributed by atoms with Gasteiger partial charge in [0.25, 0.3) is 0 Å². The van der Waals surface area contributed by atoms with Gasteiger partial charge < -0.3 is 20.3 Å². The Morgan fingerprint density at radius 2 is 0.618 bits per heavy atom. The van der Waals surface area contributed by atoms with Crippen molar-refractivity contribution in [1.82, 2.24) is 5.32 Å². The average molecular weight is 963 g/mol. The number of unbranched alkanes of at least 4 members (excludes halogenated alkanes) is 46. The van der Waals surface area contributed by atoms with Crippen molar-refractivity contribution < 1.29 is 24.5 Å². The maximum atomic E-state index is 13.3. The molecule has 0 spiro atoms. The minimum atomic E-state index is -0.781. The Hall–Kier alpha value is -1.14. The highest BCUT2D eigenvalue weighted by atomic mass is 16.5. The Kier molecular flexibility index (Phi) is 55.8. The first kappa shape index (κ1) is 66.9. The molecular formula is C62H123NO5. The first-order valence-electron chi connectivity index (χ1n) is 31.3.